The van der Waals surface area contributed by atoms with Crippen molar-refractivity contribution in [3.63, 3.8) is 0 Å². The largest absolute Gasteiger partial charge is 0.425 e. The molecule has 1 saturated carbocycles. The zero-order valence-electron chi connectivity index (χ0n) is 8.85. The van der Waals surface area contributed by atoms with Crippen molar-refractivity contribution in [3.05, 3.63) is 12.2 Å². The van der Waals surface area contributed by atoms with Crippen LogP contribution in [0.15, 0.2) is 12.2 Å². The van der Waals surface area contributed by atoms with Crippen LogP contribution in [0.5, 0.6) is 0 Å². The van der Waals surface area contributed by atoms with Crippen LogP contribution in [0, 0.1) is 23.7 Å². The number of hydrogen-bond acceptors (Lipinski definition) is 0. The monoisotopic (exact) mass is 258 g/mol. The highest BCUT2D eigenvalue weighted by Gasteiger charge is 2.67. The van der Waals surface area contributed by atoms with Gasteiger partial charge in [-0.2, -0.15) is 13.2 Å². The van der Waals surface area contributed by atoms with Gasteiger partial charge in [-0.1, -0.05) is 12.2 Å². The molecule has 0 nitrogen and oxygen atoms in total. The van der Waals surface area contributed by atoms with E-state index in [0.717, 1.165) is 0 Å². The van der Waals surface area contributed by atoms with Crippen LogP contribution in [0.2, 0.25) is 0 Å². The Kier molecular flexibility index (Phi) is 2.94. The number of alkyl halides is 6. The van der Waals surface area contributed by atoms with Gasteiger partial charge in [0.05, 0.1) is 6.67 Å². The van der Waals surface area contributed by atoms with E-state index in [0.29, 0.717) is 6.42 Å². The molecule has 0 aromatic heterocycles. The summed E-state index contributed by atoms with van der Waals surface area (Å²) >= 11 is 0. The molecule has 2 rings (SSSR count). The zero-order valence-corrected chi connectivity index (χ0v) is 8.85. The van der Waals surface area contributed by atoms with Crippen LogP contribution < -0.4 is 0 Å². The second-order valence-electron chi connectivity index (χ2n) is 4.79. The molecule has 0 N–H and O–H groups in total. The van der Waals surface area contributed by atoms with Crippen molar-refractivity contribution in [3.8, 4) is 0 Å². The summed E-state index contributed by atoms with van der Waals surface area (Å²) in [7, 11) is 0. The maximum absolute atomic E-state index is 13.9. The molecule has 5 unspecified atom stereocenters. The lowest BCUT2D eigenvalue weighted by atomic mass is 9.73. The van der Waals surface area contributed by atoms with Gasteiger partial charge in [-0.25, -0.2) is 8.78 Å². The molecule has 0 radical (unpaired) electrons. The Balaban J connectivity index is 2.35. The lowest BCUT2D eigenvalue weighted by Gasteiger charge is -2.38. The third-order valence-corrected chi connectivity index (χ3v) is 3.99. The summed E-state index contributed by atoms with van der Waals surface area (Å²) in [5, 5.41) is 0. The van der Waals surface area contributed by atoms with E-state index in [9.17, 15) is 26.3 Å². The van der Waals surface area contributed by atoms with Crippen LogP contribution in [-0.2, 0) is 0 Å². The van der Waals surface area contributed by atoms with Gasteiger partial charge >= 0.3 is 6.18 Å². The molecule has 6 heteroatoms. The van der Waals surface area contributed by atoms with E-state index < -0.39 is 42.9 Å². The van der Waals surface area contributed by atoms with Crippen LogP contribution in [0.4, 0.5) is 26.3 Å². The highest BCUT2D eigenvalue weighted by atomic mass is 19.4. The van der Waals surface area contributed by atoms with Gasteiger partial charge in [0.1, 0.15) is 6.67 Å². The Hall–Kier alpha value is -0.680. The van der Waals surface area contributed by atoms with E-state index in [1.165, 1.54) is 6.08 Å². The second kappa shape index (κ2) is 3.92. The van der Waals surface area contributed by atoms with Gasteiger partial charge in [-0.3, -0.25) is 4.39 Å². The fourth-order valence-corrected chi connectivity index (χ4v) is 3.17. The average molecular weight is 258 g/mol. The van der Waals surface area contributed by atoms with Crippen molar-refractivity contribution in [2.24, 2.45) is 23.7 Å². The maximum atomic E-state index is 13.9. The highest BCUT2D eigenvalue weighted by molar-refractivity contribution is 5.18. The Labute approximate surface area is 94.7 Å². The fourth-order valence-electron chi connectivity index (χ4n) is 3.17. The Morgan fingerprint density at radius 1 is 1.00 bits per heavy atom. The summed E-state index contributed by atoms with van der Waals surface area (Å²) < 4.78 is 77.2. The molecule has 0 saturated heterocycles. The van der Waals surface area contributed by atoms with E-state index in [2.05, 4.69) is 0 Å². The molecule has 1 fully saturated rings. The Morgan fingerprint density at radius 3 is 2.06 bits per heavy atom. The van der Waals surface area contributed by atoms with Crippen molar-refractivity contribution in [2.75, 3.05) is 13.3 Å². The summed E-state index contributed by atoms with van der Waals surface area (Å²) in [4.78, 5) is 0. The molecular formula is C11H12F6. The quantitative estimate of drug-likeness (QED) is 0.535. The van der Waals surface area contributed by atoms with Crippen LogP contribution in [0.25, 0.3) is 0 Å². The number of fused-ring (bicyclic) bond motifs is 2. The number of rotatable bonds is 3. The first-order valence-corrected chi connectivity index (χ1v) is 5.41. The average Bonchev–Trinajstić information content (AvgIpc) is 2.85. The van der Waals surface area contributed by atoms with Gasteiger partial charge < -0.3 is 0 Å². The Morgan fingerprint density at radius 2 is 1.59 bits per heavy atom. The molecule has 0 heterocycles. The van der Waals surface area contributed by atoms with E-state index in [4.69, 9.17) is 0 Å². The van der Waals surface area contributed by atoms with Gasteiger partial charge in [0.15, 0.2) is 0 Å². The molecule has 5 atom stereocenters. The topological polar surface area (TPSA) is 0 Å². The summed E-state index contributed by atoms with van der Waals surface area (Å²) in [5.41, 5.74) is -3.92. The van der Waals surface area contributed by atoms with Crippen molar-refractivity contribution < 1.29 is 26.3 Å². The molecule has 0 aromatic rings. The van der Waals surface area contributed by atoms with Crippen LogP contribution in [0.1, 0.15) is 6.42 Å². The molecular weight excluding hydrogens is 246 g/mol. The molecule has 17 heavy (non-hydrogen) atoms. The van der Waals surface area contributed by atoms with E-state index in [-0.39, 0.29) is 5.92 Å². The van der Waals surface area contributed by atoms with Crippen LogP contribution in [-0.4, -0.2) is 25.2 Å². The summed E-state index contributed by atoms with van der Waals surface area (Å²) in [5.74, 6) is -3.79. The standard InChI is InChI=1S/C11H12F6/c12-4-8-6-1-2-7(3-6)9(8)10(14,5-13)11(15,16)17/h1-2,6-9H,3-5H2. The van der Waals surface area contributed by atoms with Gasteiger partial charge in [0.25, 0.3) is 0 Å². The summed E-state index contributed by atoms with van der Waals surface area (Å²) in [6, 6.07) is 0. The normalized spacial score (nSPS) is 39.6. The maximum Gasteiger partial charge on any atom is 0.425 e. The zero-order chi connectivity index (χ0) is 12.8. The van der Waals surface area contributed by atoms with Crippen molar-refractivity contribution >= 4 is 0 Å². The fraction of sp³-hybridized carbons (Fsp3) is 0.818. The van der Waals surface area contributed by atoms with Crippen molar-refractivity contribution in [2.45, 2.75) is 18.3 Å². The summed E-state index contributed by atoms with van der Waals surface area (Å²) in [6.07, 6.45) is -1.93. The van der Waals surface area contributed by atoms with Crippen LogP contribution >= 0.6 is 0 Å². The van der Waals surface area contributed by atoms with Gasteiger partial charge in [-0.15, -0.1) is 0 Å². The summed E-state index contributed by atoms with van der Waals surface area (Å²) in [6.45, 7) is -3.19. The van der Waals surface area contributed by atoms with Crippen LogP contribution in [0.3, 0.4) is 0 Å². The third kappa shape index (κ3) is 1.67. The minimum absolute atomic E-state index is 0.293. The molecule has 2 aliphatic rings. The Bertz CT molecular complexity index is 322. The van der Waals surface area contributed by atoms with E-state index >= 15 is 0 Å². The molecule has 2 aliphatic carbocycles. The first-order valence-electron chi connectivity index (χ1n) is 5.41. The third-order valence-electron chi connectivity index (χ3n) is 3.99. The lowest BCUT2D eigenvalue weighted by Crippen LogP contribution is -2.53. The van der Waals surface area contributed by atoms with Crippen molar-refractivity contribution in [1.82, 2.24) is 0 Å². The minimum Gasteiger partial charge on any atom is -0.251 e. The predicted molar refractivity (Wildman–Crippen MR) is 49.6 cm³/mol. The second-order valence-corrected chi connectivity index (χ2v) is 4.79. The highest BCUT2D eigenvalue weighted by Crippen LogP contribution is 2.57. The number of halogens is 6. The molecule has 0 spiro atoms. The molecule has 2 bridgehead atoms. The van der Waals surface area contributed by atoms with E-state index in [1.807, 2.05) is 0 Å². The van der Waals surface area contributed by atoms with Gasteiger partial charge in [-0.05, 0) is 18.3 Å². The molecule has 98 valence electrons. The number of allylic oxidation sites excluding steroid dienone is 2. The first-order chi connectivity index (χ1) is 7.85. The first kappa shape index (κ1) is 12.8. The van der Waals surface area contributed by atoms with Gasteiger partial charge in [0.2, 0.25) is 5.67 Å². The SMILES string of the molecule is FCC1C2C=CC(C2)C1C(F)(CF)C(F)(F)F. The lowest BCUT2D eigenvalue weighted by molar-refractivity contribution is -0.261. The number of hydrogen-bond donors (Lipinski definition) is 0. The molecule has 0 aromatic carbocycles. The van der Waals surface area contributed by atoms with Crippen molar-refractivity contribution in [1.29, 1.82) is 0 Å². The van der Waals surface area contributed by atoms with E-state index in [1.54, 1.807) is 6.08 Å². The predicted octanol–water partition coefficient (Wildman–Crippen LogP) is 3.63. The minimum atomic E-state index is -5.29. The molecule has 0 aliphatic heterocycles. The van der Waals surface area contributed by atoms with Gasteiger partial charge in [0, 0.05) is 11.8 Å². The molecule has 0 amide bonds. The smallest absolute Gasteiger partial charge is 0.251 e.